The maximum absolute atomic E-state index is 12.3. The lowest BCUT2D eigenvalue weighted by Crippen LogP contribution is -2.23. The zero-order valence-electron chi connectivity index (χ0n) is 16.7. The summed E-state index contributed by atoms with van der Waals surface area (Å²) in [6, 6.07) is 9.31. The molecule has 29 heavy (non-hydrogen) atoms. The Morgan fingerprint density at radius 3 is 2.52 bits per heavy atom. The van der Waals surface area contributed by atoms with Gasteiger partial charge in [0, 0.05) is 31.6 Å². The van der Waals surface area contributed by atoms with Crippen LogP contribution in [0.3, 0.4) is 0 Å². The molecule has 0 aliphatic heterocycles. The third-order valence-electron chi connectivity index (χ3n) is 4.45. The predicted molar refractivity (Wildman–Crippen MR) is 108 cm³/mol. The van der Waals surface area contributed by atoms with Crippen molar-refractivity contribution in [1.29, 1.82) is 0 Å². The van der Waals surface area contributed by atoms with Gasteiger partial charge in [-0.3, -0.25) is 4.79 Å². The molecule has 0 saturated carbocycles. The number of hydrogen-bond donors (Lipinski definition) is 1. The summed E-state index contributed by atoms with van der Waals surface area (Å²) in [5.41, 5.74) is 1.79. The third kappa shape index (κ3) is 4.84. The smallest absolute Gasteiger partial charge is 0.220 e. The van der Waals surface area contributed by atoms with E-state index < -0.39 is 0 Å². The van der Waals surface area contributed by atoms with Gasteiger partial charge in [0.2, 0.25) is 11.7 Å². The normalized spacial score (nSPS) is 10.4. The van der Waals surface area contributed by atoms with Crippen LogP contribution in [-0.4, -0.2) is 42.0 Å². The van der Waals surface area contributed by atoms with Gasteiger partial charge in [-0.25, -0.2) is 9.67 Å². The Labute approximate surface area is 169 Å². The molecule has 0 spiro atoms. The van der Waals surface area contributed by atoms with Crippen LogP contribution < -0.4 is 19.5 Å². The minimum Gasteiger partial charge on any atom is -0.493 e. The summed E-state index contributed by atoms with van der Waals surface area (Å²) in [5, 5.41) is 7.05. The summed E-state index contributed by atoms with van der Waals surface area (Å²) >= 11 is 0. The zero-order chi connectivity index (χ0) is 20.6. The standard InChI is InChI=1S/C21H24N4O4/c1-27-17-8-6-16(20(28-2)21(17)29-3)7-10-19(26)23-14-15-5-9-18(22-13-15)25-12-4-11-24-25/h4-6,8-9,11-13H,7,10,14H2,1-3H3,(H,23,26). The van der Waals surface area contributed by atoms with Crippen molar-refractivity contribution in [3.05, 3.63) is 60.0 Å². The van der Waals surface area contributed by atoms with E-state index in [2.05, 4.69) is 15.4 Å². The lowest BCUT2D eigenvalue weighted by Gasteiger charge is -2.15. The van der Waals surface area contributed by atoms with Crippen LogP contribution in [0.25, 0.3) is 5.82 Å². The molecule has 3 rings (SSSR count). The van der Waals surface area contributed by atoms with Crippen molar-refractivity contribution >= 4 is 5.91 Å². The van der Waals surface area contributed by atoms with Crippen LogP contribution in [0.15, 0.2) is 48.9 Å². The number of nitrogens with zero attached hydrogens (tertiary/aromatic N) is 3. The van der Waals surface area contributed by atoms with E-state index in [0.717, 1.165) is 16.9 Å². The fraction of sp³-hybridized carbons (Fsp3) is 0.286. The molecule has 0 aliphatic carbocycles. The number of pyridine rings is 1. The highest BCUT2D eigenvalue weighted by Gasteiger charge is 2.16. The van der Waals surface area contributed by atoms with E-state index in [1.165, 1.54) is 0 Å². The second kappa shape index (κ2) is 9.59. The van der Waals surface area contributed by atoms with Gasteiger partial charge in [-0.15, -0.1) is 0 Å². The molecular formula is C21H24N4O4. The molecule has 0 fully saturated rings. The van der Waals surface area contributed by atoms with Crippen LogP contribution in [0.1, 0.15) is 17.5 Å². The molecule has 2 heterocycles. The van der Waals surface area contributed by atoms with Gasteiger partial charge in [0.25, 0.3) is 0 Å². The van der Waals surface area contributed by atoms with Crippen LogP contribution >= 0.6 is 0 Å². The van der Waals surface area contributed by atoms with Crippen LogP contribution in [0, 0.1) is 0 Å². The second-order valence-corrected chi connectivity index (χ2v) is 6.25. The molecule has 0 aliphatic rings. The summed E-state index contributed by atoms with van der Waals surface area (Å²) in [5.74, 6) is 2.36. The number of rotatable bonds is 9. The van der Waals surface area contributed by atoms with Crippen LogP contribution in [0.5, 0.6) is 17.2 Å². The summed E-state index contributed by atoms with van der Waals surface area (Å²) in [6.45, 7) is 0.411. The van der Waals surface area contributed by atoms with Crippen molar-refractivity contribution in [1.82, 2.24) is 20.1 Å². The van der Waals surface area contributed by atoms with Crippen molar-refractivity contribution in [2.24, 2.45) is 0 Å². The molecule has 0 radical (unpaired) electrons. The molecule has 1 amide bonds. The molecule has 1 N–H and O–H groups in total. The van der Waals surface area contributed by atoms with Gasteiger partial charge in [-0.2, -0.15) is 5.10 Å². The third-order valence-corrected chi connectivity index (χ3v) is 4.45. The van der Waals surface area contributed by atoms with Gasteiger partial charge < -0.3 is 19.5 Å². The van der Waals surface area contributed by atoms with E-state index in [9.17, 15) is 4.79 Å². The average molecular weight is 396 g/mol. The first-order valence-electron chi connectivity index (χ1n) is 9.15. The first kappa shape index (κ1) is 20.2. The minimum absolute atomic E-state index is 0.0574. The maximum Gasteiger partial charge on any atom is 0.220 e. The van der Waals surface area contributed by atoms with Crippen molar-refractivity contribution in [3.8, 4) is 23.1 Å². The van der Waals surface area contributed by atoms with Gasteiger partial charge in [-0.1, -0.05) is 12.1 Å². The number of benzene rings is 1. The van der Waals surface area contributed by atoms with Gasteiger partial charge in [0.05, 0.1) is 21.3 Å². The Balaban J connectivity index is 1.55. The number of carbonyl (C=O) groups is 1. The molecular weight excluding hydrogens is 372 g/mol. The van der Waals surface area contributed by atoms with Crippen molar-refractivity contribution in [3.63, 3.8) is 0 Å². The van der Waals surface area contributed by atoms with Crippen LogP contribution in [0.2, 0.25) is 0 Å². The molecule has 8 heteroatoms. The summed E-state index contributed by atoms with van der Waals surface area (Å²) in [7, 11) is 4.70. The Morgan fingerprint density at radius 2 is 1.90 bits per heavy atom. The molecule has 2 aromatic heterocycles. The van der Waals surface area contributed by atoms with Gasteiger partial charge in [0.1, 0.15) is 0 Å². The van der Waals surface area contributed by atoms with Crippen molar-refractivity contribution < 1.29 is 19.0 Å². The maximum atomic E-state index is 12.3. The number of ether oxygens (including phenoxy) is 3. The average Bonchev–Trinajstić information content (AvgIpc) is 3.30. The number of nitrogens with one attached hydrogen (secondary N) is 1. The Hall–Kier alpha value is -3.55. The minimum atomic E-state index is -0.0574. The van der Waals surface area contributed by atoms with E-state index in [1.807, 2.05) is 30.5 Å². The predicted octanol–water partition coefficient (Wildman–Crippen LogP) is 2.54. The van der Waals surface area contributed by atoms with Gasteiger partial charge in [0.15, 0.2) is 17.3 Å². The molecule has 0 unspecified atom stereocenters. The molecule has 8 nitrogen and oxygen atoms in total. The number of hydrogen-bond acceptors (Lipinski definition) is 6. The van der Waals surface area contributed by atoms with E-state index >= 15 is 0 Å². The number of amides is 1. The second-order valence-electron chi connectivity index (χ2n) is 6.25. The summed E-state index contributed by atoms with van der Waals surface area (Å²) in [4.78, 5) is 16.6. The molecule has 0 bridgehead atoms. The quantitative estimate of drug-likeness (QED) is 0.598. The number of aromatic nitrogens is 3. The van der Waals surface area contributed by atoms with Crippen LogP contribution in [-0.2, 0) is 17.8 Å². The van der Waals surface area contributed by atoms with E-state index in [0.29, 0.717) is 36.6 Å². The highest BCUT2D eigenvalue weighted by molar-refractivity contribution is 5.76. The number of aryl methyl sites for hydroxylation is 1. The first-order chi connectivity index (χ1) is 14.2. The van der Waals surface area contributed by atoms with Gasteiger partial charge in [-0.05, 0) is 35.7 Å². The lowest BCUT2D eigenvalue weighted by molar-refractivity contribution is -0.121. The van der Waals surface area contributed by atoms with Crippen molar-refractivity contribution in [2.75, 3.05) is 21.3 Å². The SMILES string of the molecule is COc1ccc(CCC(=O)NCc2ccc(-n3cccn3)nc2)c(OC)c1OC. The fourth-order valence-electron chi connectivity index (χ4n) is 2.96. The molecule has 3 aromatic rings. The molecule has 1 aromatic carbocycles. The zero-order valence-corrected chi connectivity index (χ0v) is 16.7. The van der Waals surface area contributed by atoms with Gasteiger partial charge >= 0.3 is 0 Å². The van der Waals surface area contributed by atoms with E-state index in [-0.39, 0.29) is 5.91 Å². The van der Waals surface area contributed by atoms with Crippen molar-refractivity contribution in [2.45, 2.75) is 19.4 Å². The first-order valence-corrected chi connectivity index (χ1v) is 9.15. The summed E-state index contributed by atoms with van der Waals surface area (Å²) < 4.78 is 17.8. The topological polar surface area (TPSA) is 87.5 Å². The monoisotopic (exact) mass is 396 g/mol. The molecule has 152 valence electrons. The highest BCUT2D eigenvalue weighted by Crippen LogP contribution is 2.40. The fourth-order valence-corrected chi connectivity index (χ4v) is 2.96. The Bertz CT molecular complexity index is 940. The lowest BCUT2D eigenvalue weighted by atomic mass is 10.1. The summed E-state index contributed by atoms with van der Waals surface area (Å²) in [6.07, 6.45) is 6.10. The van der Waals surface area contributed by atoms with Crippen LogP contribution in [0.4, 0.5) is 0 Å². The number of carbonyl (C=O) groups excluding carboxylic acids is 1. The number of methoxy groups -OCH3 is 3. The Kier molecular flexibility index (Phi) is 6.67. The molecule has 0 saturated heterocycles. The highest BCUT2D eigenvalue weighted by atomic mass is 16.5. The van der Waals surface area contributed by atoms with E-state index in [1.54, 1.807) is 44.5 Å². The van der Waals surface area contributed by atoms with E-state index in [4.69, 9.17) is 14.2 Å². The largest absolute Gasteiger partial charge is 0.493 e. The Morgan fingerprint density at radius 1 is 1.07 bits per heavy atom. The molecule has 0 atom stereocenters.